The summed E-state index contributed by atoms with van der Waals surface area (Å²) in [6.45, 7) is 0.0344. The summed E-state index contributed by atoms with van der Waals surface area (Å²) >= 11 is 0. The van der Waals surface area contributed by atoms with E-state index in [0.717, 1.165) is 0 Å². The molecule has 1 aliphatic rings. The molecular formula is C26H20FNO5. The van der Waals surface area contributed by atoms with E-state index in [0.29, 0.717) is 39.1 Å². The molecule has 1 N–H and O–H groups in total. The fourth-order valence-corrected chi connectivity index (χ4v) is 4.15. The number of halogens is 1. The number of aromatic nitrogens is 1. The van der Waals surface area contributed by atoms with Gasteiger partial charge in [-0.3, -0.25) is 9.59 Å². The van der Waals surface area contributed by atoms with E-state index < -0.39 is 11.9 Å². The molecular weight excluding hydrogens is 425 g/mol. The topological polar surface area (TPSA) is 77.6 Å². The number of benzene rings is 3. The van der Waals surface area contributed by atoms with E-state index in [1.54, 1.807) is 54.6 Å². The van der Waals surface area contributed by atoms with Gasteiger partial charge in [-0.25, -0.2) is 4.39 Å². The molecule has 0 fully saturated rings. The van der Waals surface area contributed by atoms with Crippen molar-refractivity contribution in [2.75, 3.05) is 7.11 Å². The molecule has 0 amide bonds. The molecule has 1 atom stereocenters. The van der Waals surface area contributed by atoms with Gasteiger partial charge in [-0.2, -0.15) is 0 Å². The van der Waals surface area contributed by atoms with Crippen molar-refractivity contribution in [3.8, 4) is 17.2 Å². The van der Waals surface area contributed by atoms with Gasteiger partial charge in [0.1, 0.15) is 18.2 Å². The van der Waals surface area contributed by atoms with Crippen molar-refractivity contribution in [3.63, 3.8) is 0 Å². The lowest BCUT2D eigenvalue weighted by Gasteiger charge is -2.25. The minimum atomic E-state index is -0.510. The predicted octanol–water partition coefficient (Wildman–Crippen LogP) is 4.70. The number of carbonyl (C=O) groups is 1. The van der Waals surface area contributed by atoms with Gasteiger partial charge in [0.25, 0.3) is 5.56 Å². The third-order valence-corrected chi connectivity index (χ3v) is 5.78. The minimum Gasteiger partial charge on any atom is -0.493 e. The van der Waals surface area contributed by atoms with E-state index in [2.05, 4.69) is 4.98 Å². The first-order chi connectivity index (χ1) is 16.0. The summed E-state index contributed by atoms with van der Waals surface area (Å²) in [6, 6.07) is 18.8. The van der Waals surface area contributed by atoms with Crippen molar-refractivity contribution in [2.45, 2.75) is 18.9 Å². The van der Waals surface area contributed by atoms with Crippen LogP contribution < -0.4 is 19.8 Å². The average Bonchev–Trinajstić information content (AvgIpc) is 2.83. The monoisotopic (exact) mass is 445 g/mol. The summed E-state index contributed by atoms with van der Waals surface area (Å²) in [4.78, 5) is 28.3. The van der Waals surface area contributed by atoms with E-state index in [4.69, 9.17) is 14.2 Å². The number of nitrogens with one attached hydrogen (secondary N) is 1. The van der Waals surface area contributed by atoms with Crippen molar-refractivity contribution >= 4 is 16.9 Å². The molecule has 0 aliphatic carbocycles. The number of para-hydroxylation sites is 1. The number of aromatic amines is 1. The number of hydrogen-bond acceptors (Lipinski definition) is 5. The predicted molar refractivity (Wildman–Crippen MR) is 120 cm³/mol. The van der Waals surface area contributed by atoms with Crippen molar-refractivity contribution in [2.24, 2.45) is 0 Å². The van der Waals surface area contributed by atoms with Gasteiger partial charge >= 0.3 is 5.97 Å². The Hall–Kier alpha value is -4.13. The minimum absolute atomic E-state index is 0.0208. The van der Waals surface area contributed by atoms with Crippen LogP contribution in [0.1, 0.15) is 29.0 Å². The normalized spacial score (nSPS) is 15.1. The Kier molecular flexibility index (Phi) is 5.30. The van der Waals surface area contributed by atoms with Gasteiger partial charge in [0.15, 0.2) is 11.5 Å². The Bertz CT molecular complexity index is 1430. The van der Waals surface area contributed by atoms with E-state index >= 15 is 0 Å². The molecule has 0 spiro atoms. The van der Waals surface area contributed by atoms with Crippen LogP contribution in [0.4, 0.5) is 4.39 Å². The second-order valence-corrected chi connectivity index (χ2v) is 7.76. The molecule has 1 aliphatic heterocycles. The van der Waals surface area contributed by atoms with Gasteiger partial charge in [-0.05, 0) is 35.9 Å². The smallest absolute Gasteiger partial charge is 0.312 e. The molecule has 0 radical (unpaired) electrons. The lowest BCUT2D eigenvalue weighted by molar-refractivity contribution is -0.135. The van der Waals surface area contributed by atoms with Crippen LogP contribution in [0.15, 0.2) is 71.5 Å². The maximum Gasteiger partial charge on any atom is 0.312 e. The maximum absolute atomic E-state index is 13.9. The Labute approximate surface area is 188 Å². The first-order valence-corrected chi connectivity index (χ1v) is 10.4. The highest BCUT2D eigenvalue weighted by molar-refractivity contribution is 5.91. The van der Waals surface area contributed by atoms with E-state index in [1.807, 2.05) is 6.07 Å². The standard InChI is InChI=1S/C26H20FNO5/c1-31-22-12-15(10-11-21(22)32-14-16-6-2-4-8-19(16)27)18-13-23(29)33-25-17-7-3-5-9-20(17)28-26(30)24(18)25/h2-12,18H,13-14H2,1H3,(H,28,30)/t18-/m1/s1. The first-order valence-electron chi connectivity index (χ1n) is 10.4. The first kappa shape index (κ1) is 20.8. The Balaban J connectivity index is 1.53. The molecule has 5 rings (SSSR count). The van der Waals surface area contributed by atoms with Crippen LogP contribution >= 0.6 is 0 Å². The molecule has 33 heavy (non-hydrogen) atoms. The summed E-state index contributed by atoms with van der Waals surface area (Å²) in [5.74, 6) is -0.144. The number of hydrogen-bond donors (Lipinski definition) is 1. The number of pyridine rings is 1. The highest BCUT2D eigenvalue weighted by Crippen LogP contribution is 2.42. The highest BCUT2D eigenvalue weighted by Gasteiger charge is 2.33. The third-order valence-electron chi connectivity index (χ3n) is 5.78. The molecule has 0 unspecified atom stereocenters. The number of rotatable bonds is 5. The van der Waals surface area contributed by atoms with Crippen LogP contribution in [-0.4, -0.2) is 18.1 Å². The van der Waals surface area contributed by atoms with E-state index in [1.165, 1.54) is 13.2 Å². The summed E-state index contributed by atoms with van der Waals surface area (Å²) < 4.78 is 30.7. The summed E-state index contributed by atoms with van der Waals surface area (Å²) in [6.07, 6.45) is 0.0208. The largest absolute Gasteiger partial charge is 0.493 e. The second-order valence-electron chi connectivity index (χ2n) is 7.76. The zero-order valence-electron chi connectivity index (χ0n) is 17.8. The Morgan fingerprint density at radius 1 is 1.03 bits per heavy atom. The highest BCUT2D eigenvalue weighted by atomic mass is 19.1. The van der Waals surface area contributed by atoms with Gasteiger partial charge in [-0.1, -0.05) is 36.4 Å². The fraction of sp³-hybridized carbons (Fsp3) is 0.154. The lowest BCUT2D eigenvalue weighted by Crippen LogP contribution is -2.28. The zero-order valence-corrected chi connectivity index (χ0v) is 17.8. The summed E-state index contributed by atoms with van der Waals surface area (Å²) in [7, 11) is 1.50. The van der Waals surface area contributed by atoms with Gasteiger partial charge in [0.2, 0.25) is 0 Å². The lowest BCUT2D eigenvalue weighted by atomic mass is 9.86. The van der Waals surface area contributed by atoms with Crippen molar-refractivity contribution in [1.82, 2.24) is 4.98 Å². The Morgan fingerprint density at radius 2 is 1.82 bits per heavy atom. The zero-order chi connectivity index (χ0) is 22.9. The number of H-pyrrole nitrogens is 1. The van der Waals surface area contributed by atoms with E-state index in [-0.39, 0.29) is 30.2 Å². The number of esters is 1. The molecule has 0 bridgehead atoms. The molecule has 6 nitrogen and oxygen atoms in total. The molecule has 166 valence electrons. The molecule has 3 aromatic carbocycles. The number of fused-ring (bicyclic) bond motifs is 3. The molecule has 1 aromatic heterocycles. The molecule has 4 aromatic rings. The van der Waals surface area contributed by atoms with Crippen molar-refractivity contribution in [3.05, 3.63) is 99.6 Å². The van der Waals surface area contributed by atoms with Crippen LogP contribution in [0.5, 0.6) is 17.2 Å². The number of methoxy groups -OCH3 is 1. The molecule has 2 heterocycles. The maximum atomic E-state index is 13.9. The summed E-state index contributed by atoms with van der Waals surface area (Å²) in [5, 5.41) is 0.668. The number of ether oxygens (including phenoxy) is 3. The van der Waals surface area contributed by atoms with Crippen LogP contribution in [0, 0.1) is 5.82 Å². The SMILES string of the molecule is COc1cc([C@H]2CC(=O)Oc3c2c(=O)[nH]c2ccccc32)ccc1OCc1ccccc1F. The van der Waals surface area contributed by atoms with Crippen LogP contribution in [0.25, 0.3) is 10.9 Å². The summed E-state index contributed by atoms with van der Waals surface area (Å²) in [5.41, 5.74) is 1.83. The van der Waals surface area contributed by atoms with Gasteiger partial charge in [0, 0.05) is 16.9 Å². The Morgan fingerprint density at radius 3 is 2.64 bits per heavy atom. The fourth-order valence-electron chi connectivity index (χ4n) is 4.15. The van der Waals surface area contributed by atoms with Gasteiger partial charge in [0.05, 0.1) is 24.6 Å². The van der Waals surface area contributed by atoms with Gasteiger partial charge < -0.3 is 19.2 Å². The molecule has 0 saturated heterocycles. The van der Waals surface area contributed by atoms with Crippen LogP contribution in [0.3, 0.4) is 0 Å². The average molecular weight is 445 g/mol. The van der Waals surface area contributed by atoms with Crippen molar-refractivity contribution in [1.29, 1.82) is 0 Å². The molecule has 7 heteroatoms. The van der Waals surface area contributed by atoms with Crippen LogP contribution in [0.2, 0.25) is 0 Å². The molecule has 0 saturated carbocycles. The third kappa shape index (κ3) is 3.82. The number of carbonyl (C=O) groups excluding carboxylic acids is 1. The quantitative estimate of drug-likeness (QED) is 0.451. The second kappa shape index (κ2) is 8.43. The van der Waals surface area contributed by atoms with Crippen LogP contribution in [-0.2, 0) is 11.4 Å². The van der Waals surface area contributed by atoms with Crippen molar-refractivity contribution < 1.29 is 23.4 Å². The van der Waals surface area contributed by atoms with Gasteiger partial charge in [-0.15, -0.1) is 0 Å². The van der Waals surface area contributed by atoms with E-state index in [9.17, 15) is 14.0 Å².